The molecule has 0 saturated carbocycles. The lowest BCUT2D eigenvalue weighted by Gasteiger charge is -2.33. The largest absolute Gasteiger partial charge is 0.368 e. The molecule has 0 spiro atoms. The molecule has 3 N–H and O–H groups in total. The molecule has 5 rings (SSSR count). The van der Waals surface area contributed by atoms with Crippen LogP contribution in [0.1, 0.15) is 35.2 Å². The highest BCUT2D eigenvalue weighted by atomic mass is 35.5. The Labute approximate surface area is 218 Å². The highest BCUT2D eigenvalue weighted by molar-refractivity contribution is 6.35. The predicted molar refractivity (Wildman–Crippen MR) is 140 cm³/mol. The van der Waals surface area contributed by atoms with Gasteiger partial charge in [-0.2, -0.15) is 9.61 Å². The van der Waals surface area contributed by atoms with E-state index in [4.69, 9.17) is 33.9 Å². The van der Waals surface area contributed by atoms with Crippen molar-refractivity contribution in [2.45, 2.75) is 31.8 Å². The van der Waals surface area contributed by atoms with E-state index in [1.807, 2.05) is 30.3 Å². The Balaban J connectivity index is 1.39. The third kappa shape index (κ3) is 4.87. The number of hydrogen-bond donors (Lipinski definition) is 2. The van der Waals surface area contributed by atoms with Gasteiger partial charge in [-0.1, -0.05) is 41.4 Å². The number of fused-ring (bicyclic) bond motifs is 1. The molecule has 36 heavy (non-hydrogen) atoms. The molecule has 1 aliphatic heterocycles. The maximum absolute atomic E-state index is 13.1. The maximum Gasteiger partial charge on any atom is 0.254 e. The normalized spacial score (nSPS) is 15.7. The highest BCUT2D eigenvalue weighted by Gasteiger charge is 2.31. The Bertz CT molecular complexity index is 1440. The fraction of sp³-hybridized carbons (Fsp3) is 0.231. The van der Waals surface area contributed by atoms with Gasteiger partial charge >= 0.3 is 0 Å². The summed E-state index contributed by atoms with van der Waals surface area (Å²) in [5.74, 6) is 0.0909. The highest BCUT2D eigenvalue weighted by Crippen LogP contribution is 2.26. The van der Waals surface area contributed by atoms with Crippen molar-refractivity contribution < 1.29 is 9.59 Å². The first-order chi connectivity index (χ1) is 17.4. The molecule has 3 heterocycles. The smallest absolute Gasteiger partial charge is 0.254 e. The summed E-state index contributed by atoms with van der Waals surface area (Å²) in [7, 11) is 0. The lowest BCUT2D eigenvalue weighted by atomic mass is 10.00. The number of piperidine rings is 1. The molecule has 2 amide bonds. The molecule has 1 aliphatic rings. The summed E-state index contributed by atoms with van der Waals surface area (Å²) in [5.41, 5.74) is 9.18. The second kappa shape index (κ2) is 10.2. The van der Waals surface area contributed by atoms with Crippen LogP contribution >= 0.6 is 23.2 Å². The Kier molecular flexibility index (Phi) is 6.80. The fourth-order valence-electron chi connectivity index (χ4n) is 4.46. The Hall–Kier alpha value is -3.62. The van der Waals surface area contributed by atoms with E-state index in [-0.39, 0.29) is 5.91 Å². The van der Waals surface area contributed by atoms with Crippen LogP contribution in [0.5, 0.6) is 0 Å². The van der Waals surface area contributed by atoms with Crippen LogP contribution in [0.2, 0.25) is 10.0 Å². The van der Waals surface area contributed by atoms with E-state index in [0.29, 0.717) is 40.8 Å². The molecule has 1 unspecified atom stereocenters. The zero-order valence-corrected chi connectivity index (χ0v) is 20.8. The number of nitrogens with two attached hydrogens (primary N) is 1. The molecular formula is C26H24Cl2N6O2. The molecule has 1 fully saturated rings. The molecule has 0 radical (unpaired) electrons. The average molecular weight is 523 g/mol. The van der Waals surface area contributed by atoms with Gasteiger partial charge in [0.1, 0.15) is 11.9 Å². The molecule has 2 aromatic heterocycles. The van der Waals surface area contributed by atoms with Crippen molar-refractivity contribution in [2.75, 3.05) is 11.9 Å². The van der Waals surface area contributed by atoms with Crippen LogP contribution in [0.4, 0.5) is 5.82 Å². The summed E-state index contributed by atoms with van der Waals surface area (Å²) in [6, 6.07) is 15.8. The maximum atomic E-state index is 13.1. The number of carbonyl (C=O) groups excluding carboxylic acids is 2. The molecule has 1 saturated heterocycles. The zero-order valence-electron chi connectivity index (χ0n) is 19.3. The van der Waals surface area contributed by atoms with Crippen LogP contribution < -0.4 is 11.1 Å². The number of rotatable bonds is 6. The topological polar surface area (TPSA) is 106 Å². The first-order valence-electron chi connectivity index (χ1n) is 11.6. The molecular weight excluding hydrogens is 499 g/mol. The second-order valence-electron chi connectivity index (χ2n) is 8.71. The Morgan fingerprint density at radius 2 is 1.86 bits per heavy atom. The van der Waals surface area contributed by atoms with Crippen LogP contribution in [0.25, 0.3) is 16.9 Å². The minimum Gasteiger partial charge on any atom is -0.368 e. The average Bonchev–Trinajstić information content (AvgIpc) is 3.37. The van der Waals surface area contributed by atoms with Crippen LogP contribution in [-0.2, 0) is 11.3 Å². The summed E-state index contributed by atoms with van der Waals surface area (Å²) in [6.45, 7) is 0.999. The fourth-order valence-corrected chi connectivity index (χ4v) is 4.93. The third-order valence-electron chi connectivity index (χ3n) is 6.35. The molecule has 184 valence electrons. The van der Waals surface area contributed by atoms with Crippen molar-refractivity contribution >= 4 is 46.5 Å². The van der Waals surface area contributed by atoms with Crippen LogP contribution in [0.15, 0.2) is 60.8 Å². The summed E-state index contributed by atoms with van der Waals surface area (Å²) >= 11 is 12.3. The van der Waals surface area contributed by atoms with Crippen molar-refractivity contribution in [1.29, 1.82) is 0 Å². The van der Waals surface area contributed by atoms with E-state index in [2.05, 4.69) is 10.4 Å². The molecule has 0 aliphatic carbocycles. The van der Waals surface area contributed by atoms with E-state index in [9.17, 15) is 9.59 Å². The van der Waals surface area contributed by atoms with Crippen molar-refractivity contribution in [3.8, 4) is 11.3 Å². The lowest BCUT2D eigenvalue weighted by Crippen LogP contribution is -2.50. The van der Waals surface area contributed by atoms with Gasteiger partial charge in [0.2, 0.25) is 5.91 Å². The van der Waals surface area contributed by atoms with Gasteiger partial charge in [-0.3, -0.25) is 9.59 Å². The van der Waals surface area contributed by atoms with E-state index < -0.39 is 11.9 Å². The van der Waals surface area contributed by atoms with Gasteiger partial charge in [-0.15, -0.1) is 0 Å². The number of hydrogen-bond acceptors (Lipinski definition) is 5. The SMILES string of the molecule is NC(=O)C1CCCCN1C(=O)c1ccc(-c2cc(NCc3ccc(Cl)cc3Cl)n3nccc3n2)cc1. The van der Waals surface area contributed by atoms with Crippen LogP contribution in [0.3, 0.4) is 0 Å². The van der Waals surface area contributed by atoms with Gasteiger partial charge in [0, 0.05) is 46.4 Å². The number of likely N-dealkylation sites (tertiary alicyclic amines) is 1. The summed E-state index contributed by atoms with van der Waals surface area (Å²) in [4.78, 5) is 31.2. The molecule has 2 aromatic carbocycles. The van der Waals surface area contributed by atoms with E-state index in [1.54, 1.807) is 39.9 Å². The number of nitrogens with one attached hydrogen (secondary N) is 1. The molecule has 4 aromatic rings. The van der Waals surface area contributed by atoms with Gasteiger partial charge in [-0.25, -0.2) is 4.98 Å². The first kappa shape index (κ1) is 24.1. The van der Waals surface area contributed by atoms with E-state index in [0.717, 1.165) is 35.5 Å². The summed E-state index contributed by atoms with van der Waals surface area (Å²) in [6.07, 6.45) is 4.03. The van der Waals surface area contributed by atoms with Crippen molar-refractivity contribution in [3.05, 3.63) is 82.0 Å². The number of nitrogens with zero attached hydrogens (tertiary/aromatic N) is 4. The quantitative estimate of drug-likeness (QED) is 0.378. The number of amides is 2. The second-order valence-corrected chi connectivity index (χ2v) is 9.55. The molecule has 8 nitrogen and oxygen atoms in total. The molecule has 10 heteroatoms. The summed E-state index contributed by atoms with van der Waals surface area (Å²) in [5, 5.41) is 8.90. The molecule has 0 bridgehead atoms. The number of carbonyl (C=O) groups is 2. The minimum atomic E-state index is -0.556. The Morgan fingerprint density at radius 3 is 2.61 bits per heavy atom. The standard InChI is InChI=1S/C26H24Cl2N6O2/c27-19-9-8-18(20(28)13-19)15-30-24-14-21(32-23-10-11-31-34(23)24)16-4-6-17(7-5-16)26(36)33-12-2-1-3-22(33)25(29)35/h4-11,13-14,22,30H,1-3,12,15H2,(H2,29,35). The van der Waals surface area contributed by atoms with Gasteiger partial charge in [0.05, 0.1) is 11.9 Å². The van der Waals surface area contributed by atoms with Crippen molar-refractivity contribution in [2.24, 2.45) is 5.73 Å². The summed E-state index contributed by atoms with van der Waals surface area (Å²) < 4.78 is 1.71. The van der Waals surface area contributed by atoms with Gasteiger partial charge in [-0.05, 0) is 49.1 Å². The minimum absolute atomic E-state index is 0.188. The van der Waals surface area contributed by atoms with E-state index >= 15 is 0 Å². The zero-order chi connectivity index (χ0) is 25.2. The van der Waals surface area contributed by atoms with Gasteiger partial charge < -0.3 is 16.0 Å². The Morgan fingerprint density at radius 1 is 1.06 bits per heavy atom. The predicted octanol–water partition coefficient (Wildman–Crippen LogP) is 4.80. The number of anilines is 1. The van der Waals surface area contributed by atoms with Gasteiger partial charge in [0.15, 0.2) is 5.65 Å². The third-order valence-corrected chi connectivity index (χ3v) is 6.94. The van der Waals surface area contributed by atoms with Crippen LogP contribution in [-0.4, -0.2) is 43.9 Å². The lowest BCUT2D eigenvalue weighted by molar-refractivity contribution is -0.123. The number of benzene rings is 2. The number of primary amides is 1. The monoisotopic (exact) mass is 522 g/mol. The van der Waals surface area contributed by atoms with Crippen LogP contribution in [0, 0.1) is 0 Å². The van der Waals surface area contributed by atoms with E-state index in [1.165, 1.54) is 0 Å². The number of halogens is 2. The number of aromatic nitrogens is 3. The first-order valence-corrected chi connectivity index (χ1v) is 12.4. The van der Waals surface area contributed by atoms with Crippen molar-refractivity contribution in [3.63, 3.8) is 0 Å². The van der Waals surface area contributed by atoms with Crippen molar-refractivity contribution in [1.82, 2.24) is 19.5 Å². The molecule has 1 atom stereocenters. The van der Waals surface area contributed by atoms with Gasteiger partial charge in [0.25, 0.3) is 5.91 Å².